The number of halogens is 1. The van der Waals surface area contributed by atoms with Crippen LogP contribution in [0.4, 0.5) is 11.9 Å². The molecule has 7 heteroatoms. The van der Waals surface area contributed by atoms with Gasteiger partial charge < -0.3 is 14.7 Å². The maximum atomic E-state index is 6.09. The van der Waals surface area contributed by atoms with E-state index in [9.17, 15) is 0 Å². The van der Waals surface area contributed by atoms with Gasteiger partial charge in [0.05, 0.1) is 0 Å². The van der Waals surface area contributed by atoms with Gasteiger partial charge in [-0.1, -0.05) is 0 Å². The van der Waals surface area contributed by atoms with Crippen molar-refractivity contribution in [3.05, 3.63) is 5.28 Å². The highest BCUT2D eigenvalue weighted by Gasteiger charge is 2.18. The SMILES string of the molecule is CCN(CCCN(C)C)c1nc(Cl)nc(N2CCCC2)n1. The van der Waals surface area contributed by atoms with Crippen LogP contribution >= 0.6 is 11.6 Å². The van der Waals surface area contributed by atoms with Gasteiger partial charge in [-0.25, -0.2) is 0 Å². The summed E-state index contributed by atoms with van der Waals surface area (Å²) in [6, 6.07) is 0. The molecule has 0 unspecified atom stereocenters. The molecular formula is C14H25ClN6. The van der Waals surface area contributed by atoms with E-state index in [-0.39, 0.29) is 5.28 Å². The van der Waals surface area contributed by atoms with Gasteiger partial charge >= 0.3 is 0 Å². The predicted octanol–water partition coefficient (Wildman–Crippen LogP) is 1.90. The van der Waals surface area contributed by atoms with E-state index < -0.39 is 0 Å². The molecule has 1 saturated heterocycles. The van der Waals surface area contributed by atoms with Crippen molar-refractivity contribution in [2.75, 3.05) is 56.6 Å². The molecule has 21 heavy (non-hydrogen) atoms. The van der Waals surface area contributed by atoms with E-state index in [0.717, 1.165) is 39.1 Å². The number of nitrogens with zero attached hydrogens (tertiary/aromatic N) is 6. The number of rotatable bonds is 7. The topological polar surface area (TPSA) is 48.4 Å². The highest BCUT2D eigenvalue weighted by atomic mass is 35.5. The minimum Gasteiger partial charge on any atom is -0.341 e. The Labute approximate surface area is 132 Å². The van der Waals surface area contributed by atoms with Crippen molar-refractivity contribution >= 4 is 23.5 Å². The standard InChI is InChI=1S/C14H25ClN6/c1-4-20(11-7-8-19(2)3)13-16-12(15)17-14(18-13)21-9-5-6-10-21/h4-11H2,1-3H3. The largest absolute Gasteiger partial charge is 0.341 e. The lowest BCUT2D eigenvalue weighted by molar-refractivity contribution is 0.400. The van der Waals surface area contributed by atoms with Gasteiger partial charge in [-0.15, -0.1) is 0 Å². The van der Waals surface area contributed by atoms with Gasteiger partial charge in [-0.3, -0.25) is 0 Å². The Morgan fingerprint density at radius 3 is 2.43 bits per heavy atom. The van der Waals surface area contributed by atoms with Crippen LogP contribution in [0.1, 0.15) is 26.2 Å². The lowest BCUT2D eigenvalue weighted by atomic mass is 10.3. The molecular weight excluding hydrogens is 288 g/mol. The molecule has 0 spiro atoms. The fourth-order valence-corrected chi connectivity index (χ4v) is 2.66. The number of anilines is 2. The molecule has 1 fully saturated rings. The Balaban J connectivity index is 2.08. The Morgan fingerprint density at radius 1 is 1.10 bits per heavy atom. The van der Waals surface area contributed by atoms with Crippen LogP contribution in [0, 0.1) is 0 Å². The van der Waals surface area contributed by atoms with Gasteiger partial charge in [0.1, 0.15) is 0 Å². The second-order valence-corrected chi connectivity index (χ2v) is 5.97. The molecule has 0 atom stereocenters. The Bertz CT molecular complexity index is 447. The third kappa shape index (κ3) is 4.68. The zero-order valence-corrected chi connectivity index (χ0v) is 14.0. The second kappa shape index (κ2) is 7.75. The lowest BCUT2D eigenvalue weighted by Crippen LogP contribution is -2.30. The summed E-state index contributed by atoms with van der Waals surface area (Å²) in [7, 11) is 4.17. The number of aromatic nitrogens is 3. The van der Waals surface area contributed by atoms with Crippen LogP contribution < -0.4 is 9.80 Å². The summed E-state index contributed by atoms with van der Waals surface area (Å²) in [5, 5.41) is 0.285. The smallest absolute Gasteiger partial charge is 0.231 e. The first-order chi connectivity index (χ1) is 10.1. The van der Waals surface area contributed by atoms with Crippen LogP contribution in [0.5, 0.6) is 0 Å². The Kier molecular flexibility index (Phi) is 5.99. The van der Waals surface area contributed by atoms with Crippen molar-refractivity contribution in [1.82, 2.24) is 19.9 Å². The van der Waals surface area contributed by atoms with Crippen molar-refractivity contribution < 1.29 is 0 Å². The van der Waals surface area contributed by atoms with Gasteiger partial charge in [0.15, 0.2) is 0 Å². The Morgan fingerprint density at radius 2 is 1.81 bits per heavy atom. The van der Waals surface area contributed by atoms with Gasteiger partial charge in [0, 0.05) is 26.2 Å². The zero-order valence-electron chi connectivity index (χ0n) is 13.2. The minimum atomic E-state index is 0.285. The summed E-state index contributed by atoms with van der Waals surface area (Å²) in [4.78, 5) is 19.7. The summed E-state index contributed by atoms with van der Waals surface area (Å²) in [5.74, 6) is 1.41. The van der Waals surface area contributed by atoms with Crippen LogP contribution in [0.3, 0.4) is 0 Å². The summed E-state index contributed by atoms with van der Waals surface area (Å²) in [6.45, 7) is 6.97. The summed E-state index contributed by atoms with van der Waals surface area (Å²) >= 11 is 6.09. The van der Waals surface area contributed by atoms with Crippen LogP contribution in [-0.2, 0) is 0 Å². The van der Waals surface area contributed by atoms with Gasteiger partial charge in [0.25, 0.3) is 0 Å². The first-order valence-corrected chi connectivity index (χ1v) is 8.04. The lowest BCUT2D eigenvalue weighted by Gasteiger charge is -2.23. The van der Waals surface area contributed by atoms with Crippen LogP contribution in [0.15, 0.2) is 0 Å². The molecule has 0 radical (unpaired) electrons. The van der Waals surface area contributed by atoms with E-state index in [1.807, 2.05) is 0 Å². The van der Waals surface area contributed by atoms with E-state index in [0.29, 0.717) is 11.9 Å². The molecule has 6 nitrogen and oxygen atoms in total. The average Bonchev–Trinajstić information content (AvgIpc) is 2.96. The van der Waals surface area contributed by atoms with Crippen molar-refractivity contribution in [2.24, 2.45) is 0 Å². The molecule has 2 rings (SSSR count). The van der Waals surface area contributed by atoms with Gasteiger partial charge in [0.2, 0.25) is 17.2 Å². The Hall–Kier alpha value is -1.14. The molecule has 0 aliphatic carbocycles. The van der Waals surface area contributed by atoms with Gasteiger partial charge in [-0.2, -0.15) is 15.0 Å². The van der Waals surface area contributed by atoms with Crippen molar-refractivity contribution in [1.29, 1.82) is 0 Å². The first kappa shape index (κ1) is 16.2. The zero-order chi connectivity index (χ0) is 15.2. The molecule has 0 N–H and O–H groups in total. The molecule has 0 amide bonds. The van der Waals surface area contributed by atoms with Crippen LogP contribution in [-0.4, -0.2) is 66.7 Å². The first-order valence-electron chi connectivity index (χ1n) is 7.66. The van der Waals surface area contributed by atoms with Crippen molar-refractivity contribution in [3.8, 4) is 0 Å². The molecule has 1 aliphatic heterocycles. The monoisotopic (exact) mass is 312 g/mol. The maximum Gasteiger partial charge on any atom is 0.231 e. The van der Waals surface area contributed by atoms with E-state index in [1.54, 1.807) is 0 Å². The van der Waals surface area contributed by atoms with E-state index >= 15 is 0 Å². The number of hydrogen-bond donors (Lipinski definition) is 0. The second-order valence-electron chi connectivity index (χ2n) is 5.64. The highest BCUT2D eigenvalue weighted by molar-refractivity contribution is 6.28. The summed E-state index contributed by atoms with van der Waals surface area (Å²) in [6.07, 6.45) is 3.46. The van der Waals surface area contributed by atoms with Crippen LogP contribution in [0.2, 0.25) is 5.28 Å². The molecule has 118 valence electrons. The van der Waals surface area contributed by atoms with Gasteiger partial charge in [-0.05, 0) is 58.4 Å². The number of hydrogen-bond acceptors (Lipinski definition) is 6. The van der Waals surface area contributed by atoms with Crippen molar-refractivity contribution in [2.45, 2.75) is 26.2 Å². The van der Waals surface area contributed by atoms with Crippen molar-refractivity contribution in [3.63, 3.8) is 0 Å². The average molecular weight is 313 g/mol. The normalized spacial score (nSPS) is 15.0. The molecule has 1 aromatic heterocycles. The summed E-state index contributed by atoms with van der Waals surface area (Å²) < 4.78 is 0. The van der Waals surface area contributed by atoms with E-state index in [1.165, 1.54) is 12.8 Å². The molecule has 0 bridgehead atoms. The van der Waals surface area contributed by atoms with E-state index in [2.05, 4.69) is 50.7 Å². The highest BCUT2D eigenvalue weighted by Crippen LogP contribution is 2.20. The maximum absolute atomic E-state index is 6.09. The molecule has 2 heterocycles. The molecule has 0 saturated carbocycles. The fourth-order valence-electron chi connectivity index (χ4n) is 2.51. The molecule has 1 aromatic rings. The molecule has 1 aliphatic rings. The van der Waals surface area contributed by atoms with E-state index in [4.69, 9.17) is 11.6 Å². The third-order valence-electron chi connectivity index (χ3n) is 3.67. The minimum absolute atomic E-state index is 0.285. The molecule has 0 aromatic carbocycles. The summed E-state index contributed by atoms with van der Waals surface area (Å²) in [5.41, 5.74) is 0. The van der Waals surface area contributed by atoms with Crippen LogP contribution in [0.25, 0.3) is 0 Å². The predicted molar refractivity (Wildman–Crippen MR) is 87.3 cm³/mol. The quantitative estimate of drug-likeness (QED) is 0.766. The fraction of sp³-hybridized carbons (Fsp3) is 0.786. The third-order valence-corrected chi connectivity index (χ3v) is 3.84.